The molecule has 20 heavy (non-hydrogen) atoms. The summed E-state index contributed by atoms with van der Waals surface area (Å²) < 4.78 is 10.7. The van der Waals surface area contributed by atoms with Crippen LogP contribution in [0.4, 0.5) is 0 Å². The molecular formula is C16H19NO3. The average molecular weight is 273 g/mol. The molecule has 3 rings (SSSR count). The van der Waals surface area contributed by atoms with Gasteiger partial charge in [-0.2, -0.15) is 0 Å². The fourth-order valence-corrected chi connectivity index (χ4v) is 2.87. The number of nitrogens with zero attached hydrogens (tertiary/aromatic N) is 1. The van der Waals surface area contributed by atoms with Gasteiger partial charge in [0.25, 0.3) is 5.91 Å². The van der Waals surface area contributed by atoms with E-state index in [-0.39, 0.29) is 11.9 Å². The summed E-state index contributed by atoms with van der Waals surface area (Å²) in [6.45, 7) is 0.511. The van der Waals surface area contributed by atoms with Crippen LogP contribution in [0.25, 0.3) is 0 Å². The Morgan fingerprint density at radius 3 is 2.50 bits per heavy atom. The van der Waals surface area contributed by atoms with Crippen LogP contribution in [-0.2, 0) is 6.54 Å². The van der Waals surface area contributed by atoms with Crippen LogP contribution >= 0.6 is 0 Å². The molecule has 0 spiro atoms. The molecule has 2 aromatic rings. The molecule has 1 aliphatic rings. The van der Waals surface area contributed by atoms with E-state index in [1.54, 1.807) is 24.7 Å². The molecule has 1 aliphatic carbocycles. The van der Waals surface area contributed by atoms with Gasteiger partial charge in [-0.25, -0.2) is 0 Å². The van der Waals surface area contributed by atoms with Gasteiger partial charge in [0.2, 0.25) is 0 Å². The van der Waals surface area contributed by atoms with Gasteiger partial charge in [-0.05, 0) is 37.1 Å². The van der Waals surface area contributed by atoms with E-state index < -0.39 is 0 Å². The summed E-state index contributed by atoms with van der Waals surface area (Å²) in [5, 5.41) is 0. The normalized spacial score (nSPS) is 16.2. The van der Waals surface area contributed by atoms with Crippen LogP contribution in [0.1, 0.15) is 48.4 Å². The Hall–Kier alpha value is -1.97. The maximum Gasteiger partial charge on any atom is 0.290 e. The molecule has 1 amide bonds. The van der Waals surface area contributed by atoms with E-state index >= 15 is 0 Å². The predicted molar refractivity (Wildman–Crippen MR) is 74.2 cm³/mol. The fourth-order valence-electron chi connectivity index (χ4n) is 2.87. The van der Waals surface area contributed by atoms with Crippen molar-refractivity contribution in [3.05, 3.63) is 48.3 Å². The van der Waals surface area contributed by atoms with Crippen LogP contribution in [-0.4, -0.2) is 16.8 Å². The first kappa shape index (κ1) is 13.0. The molecule has 2 aromatic heterocycles. The van der Waals surface area contributed by atoms with Gasteiger partial charge in [0.05, 0.1) is 19.1 Å². The lowest BCUT2D eigenvalue weighted by molar-refractivity contribution is 0.0564. The molecule has 0 bridgehead atoms. The summed E-state index contributed by atoms with van der Waals surface area (Å²) >= 11 is 0. The van der Waals surface area contributed by atoms with Crippen LogP contribution in [0.5, 0.6) is 0 Å². The molecule has 1 fully saturated rings. The molecule has 1 saturated carbocycles. The Kier molecular flexibility index (Phi) is 3.90. The van der Waals surface area contributed by atoms with Crippen molar-refractivity contribution < 1.29 is 13.6 Å². The fraction of sp³-hybridized carbons (Fsp3) is 0.438. The third-order valence-corrected chi connectivity index (χ3v) is 3.91. The number of rotatable bonds is 4. The van der Waals surface area contributed by atoms with Crippen molar-refractivity contribution in [2.75, 3.05) is 0 Å². The van der Waals surface area contributed by atoms with Crippen LogP contribution < -0.4 is 0 Å². The minimum Gasteiger partial charge on any atom is -0.467 e. The predicted octanol–water partition coefficient (Wildman–Crippen LogP) is 3.85. The summed E-state index contributed by atoms with van der Waals surface area (Å²) in [5.41, 5.74) is 0. The molecule has 106 valence electrons. The number of carbonyl (C=O) groups is 1. The van der Waals surface area contributed by atoms with E-state index in [9.17, 15) is 4.79 Å². The van der Waals surface area contributed by atoms with E-state index in [4.69, 9.17) is 8.83 Å². The lowest BCUT2D eigenvalue weighted by atomic mass is 9.94. The Morgan fingerprint density at radius 2 is 1.85 bits per heavy atom. The summed E-state index contributed by atoms with van der Waals surface area (Å²) in [4.78, 5) is 14.5. The summed E-state index contributed by atoms with van der Waals surface area (Å²) in [7, 11) is 0. The van der Waals surface area contributed by atoms with E-state index in [0.29, 0.717) is 12.3 Å². The zero-order valence-corrected chi connectivity index (χ0v) is 11.5. The highest BCUT2D eigenvalue weighted by atomic mass is 16.3. The van der Waals surface area contributed by atoms with Crippen LogP contribution in [0.15, 0.2) is 45.6 Å². The first-order valence-corrected chi connectivity index (χ1v) is 7.21. The van der Waals surface area contributed by atoms with Gasteiger partial charge in [-0.1, -0.05) is 19.3 Å². The van der Waals surface area contributed by atoms with Gasteiger partial charge >= 0.3 is 0 Å². The SMILES string of the molecule is O=C(c1ccco1)N(Cc1ccco1)C1CCCCC1. The molecule has 0 N–H and O–H groups in total. The lowest BCUT2D eigenvalue weighted by Gasteiger charge is -2.33. The standard InChI is InChI=1S/C16H19NO3/c18-16(15-9-5-11-20-15)17(12-14-8-4-10-19-14)13-6-2-1-3-7-13/h4-5,8-11,13H,1-3,6-7,12H2. The van der Waals surface area contributed by atoms with Gasteiger partial charge in [0.15, 0.2) is 5.76 Å². The van der Waals surface area contributed by atoms with Gasteiger partial charge in [0, 0.05) is 6.04 Å². The second-order valence-corrected chi connectivity index (χ2v) is 5.28. The lowest BCUT2D eigenvalue weighted by Crippen LogP contribution is -2.40. The summed E-state index contributed by atoms with van der Waals surface area (Å²) in [6, 6.07) is 7.52. The first-order valence-electron chi connectivity index (χ1n) is 7.21. The smallest absolute Gasteiger partial charge is 0.290 e. The van der Waals surface area contributed by atoms with Crippen molar-refractivity contribution in [1.82, 2.24) is 4.90 Å². The topological polar surface area (TPSA) is 46.6 Å². The Balaban J connectivity index is 1.80. The molecular weight excluding hydrogens is 254 g/mol. The second-order valence-electron chi connectivity index (χ2n) is 5.28. The third kappa shape index (κ3) is 2.79. The number of furan rings is 2. The third-order valence-electron chi connectivity index (χ3n) is 3.91. The van der Waals surface area contributed by atoms with Crippen molar-refractivity contribution in [3.8, 4) is 0 Å². The van der Waals surface area contributed by atoms with Crippen molar-refractivity contribution in [3.63, 3.8) is 0 Å². The van der Waals surface area contributed by atoms with E-state index in [1.807, 2.05) is 17.0 Å². The highest BCUT2D eigenvalue weighted by Gasteiger charge is 2.28. The molecule has 4 nitrogen and oxygen atoms in total. The monoisotopic (exact) mass is 273 g/mol. The molecule has 0 saturated heterocycles. The van der Waals surface area contributed by atoms with Crippen molar-refractivity contribution in [1.29, 1.82) is 0 Å². The van der Waals surface area contributed by atoms with Crippen molar-refractivity contribution in [2.24, 2.45) is 0 Å². The molecule has 0 radical (unpaired) electrons. The van der Waals surface area contributed by atoms with Crippen LogP contribution in [0, 0.1) is 0 Å². The minimum absolute atomic E-state index is 0.0432. The molecule has 2 heterocycles. The summed E-state index contributed by atoms with van der Waals surface area (Å²) in [6.07, 6.45) is 8.95. The van der Waals surface area contributed by atoms with Crippen LogP contribution in [0.3, 0.4) is 0 Å². The Bertz CT molecular complexity index is 524. The van der Waals surface area contributed by atoms with Crippen molar-refractivity contribution in [2.45, 2.75) is 44.7 Å². The van der Waals surface area contributed by atoms with E-state index in [0.717, 1.165) is 18.6 Å². The molecule has 0 atom stereocenters. The zero-order chi connectivity index (χ0) is 13.8. The average Bonchev–Trinajstić information content (AvgIpc) is 3.18. The van der Waals surface area contributed by atoms with Gasteiger partial charge in [-0.3, -0.25) is 4.79 Å². The number of amides is 1. The first-order chi connectivity index (χ1) is 9.84. The van der Waals surface area contributed by atoms with E-state index in [2.05, 4.69) is 0 Å². The maximum atomic E-state index is 12.6. The highest BCUT2D eigenvalue weighted by molar-refractivity contribution is 5.91. The number of hydrogen-bond donors (Lipinski definition) is 0. The van der Waals surface area contributed by atoms with Gasteiger partial charge in [-0.15, -0.1) is 0 Å². The molecule has 4 heteroatoms. The molecule has 0 aromatic carbocycles. The largest absolute Gasteiger partial charge is 0.467 e. The minimum atomic E-state index is -0.0432. The molecule has 0 aliphatic heterocycles. The summed E-state index contributed by atoms with van der Waals surface area (Å²) in [5.74, 6) is 1.18. The number of carbonyl (C=O) groups excluding carboxylic acids is 1. The van der Waals surface area contributed by atoms with Gasteiger partial charge in [0.1, 0.15) is 5.76 Å². The van der Waals surface area contributed by atoms with Crippen molar-refractivity contribution >= 4 is 5.91 Å². The quantitative estimate of drug-likeness (QED) is 0.850. The van der Waals surface area contributed by atoms with Gasteiger partial charge < -0.3 is 13.7 Å². The Morgan fingerprint density at radius 1 is 1.10 bits per heavy atom. The maximum absolute atomic E-state index is 12.6. The molecule has 0 unspecified atom stereocenters. The highest BCUT2D eigenvalue weighted by Crippen LogP contribution is 2.25. The second kappa shape index (κ2) is 5.99. The van der Waals surface area contributed by atoms with Crippen LogP contribution in [0.2, 0.25) is 0 Å². The number of hydrogen-bond acceptors (Lipinski definition) is 3. The zero-order valence-electron chi connectivity index (χ0n) is 11.5. The Labute approximate surface area is 118 Å². The van der Waals surface area contributed by atoms with E-state index in [1.165, 1.54) is 19.3 Å².